The van der Waals surface area contributed by atoms with Gasteiger partial charge in [-0.05, 0) is 37.0 Å². The summed E-state index contributed by atoms with van der Waals surface area (Å²) >= 11 is 0. The zero-order chi connectivity index (χ0) is 11.4. The van der Waals surface area contributed by atoms with Crippen molar-refractivity contribution in [1.29, 1.82) is 0 Å². The van der Waals surface area contributed by atoms with Crippen molar-refractivity contribution in [3.63, 3.8) is 0 Å². The fourth-order valence-corrected chi connectivity index (χ4v) is 2.03. The number of ether oxygens (including phenoxy) is 1. The van der Waals surface area contributed by atoms with Gasteiger partial charge in [0.25, 0.3) is 0 Å². The van der Waals surface area contributed by atoms with Crippen LogP contribution in [-0.2, 0) is 11.2 Å². The van der Waals surface area contributed by atoms with Crippen LogP contribution in [0.15, 0.2) is 24.3 Å². The minimum atomic E-state index is 0.366. The highest BCUT2D eigenvalue weighted by atomic mass is 16.5. The van der Waals surface area contributed by atoms with Crippen molar-refractivity contribution < 1.29 is 9.53 Å². The maximum absolute atomic E-state index is 11.7. The molecule has 0 amide bonds. The number of ketones is 1. The lowest BCUT2D eigenvalue weighted by Crippen LogP contribution is -2.22. The Kier molecular flexibility index (Phi) is 3.60. The van der Waals surface area contributed by atoms with Gasteiger partial charge in [-0.1, -0.05) is 18.6 Å². The molecule has 16 heavy (non-hydrogen) atoms. The molecule has 2 rings (SSSR count). The van der Waals surface area contributed by atoms with Gasteiger partial charge in [-0.15, -0.1) is 0 Å². The van der Waals surface area contributed by atoms with Gasteiger partial charge in [-0.25, -0.2) is 0 Å². The van der Waals surface area contributed by atoms with Gasteiger partial charge in [0, 0.05) is 12.3 Å². The second-order valence-corrected chi connectivity index (χ2v) is 4.45. The molecule has 0 spiro atoms. The first-order valence-corrected chi connectivity index (χ1v) is 5.95. The van der Waals surface area contributed by atoms with E-state index in [0.29, 0.717) is 18.1 Å². The van der Waals surface area contributed by atoms with Crippen LogP contribution in [-0.4, -0.2) is 12.9 Å². The molecule has 0 saturated heterocycles. The maximum Gasteiger partial charge on any atom is 0.136 e. The van der Waals surface area contributed by atoms with Crippen molar-refractivity contribution in [1.82, 2.24) is 0 Å². The SMILES string of the molecule is COc1cccc(CCC(=O)C2CCC2)c1. The van der Waals surface area contributed by atoms with E-state index in [1.807, 2.05) is 18.2 Å². The Morgan fingerprint density at radius 1 is 1.44 bits per heavy atom. The van der Waals surface area contributed by atoms with Crippen LogP contribution < -0.4 is 4.74 Å². The molecule has 1 aromatic rings. The molecule has 0 unspecified atom stereocenters. The van der Waals surface area contributed by atoms with E-state index in [4.69, 9.17) is 4.74 Å². The van der Waals surface area contributed by atoms with Crippen LogP contribution >= 0.6 is 0 Å². The highest BCUT2D eigenvalue weighted by Crippen LogP contribution is 2.28. The minimum absolute atomic E-state index is 0.366. The standard InChI is InChI=1S/C14H18O2/c1-16-13-7-2-4-11(10-13)8-9-14(15)12-5-3-6-12/h2,4,7,10,12H,3,5-6,8-9H2,1H3. The summed E-state index contributed by atoms with van der Waals surface area (Å²) in [6.45, 7) is 0. The molecule has 0 aromatic heterocycles. The quantitative estimate of drug-likeness (QED) is 0.759. The number of benzene rings is 1. The zero-order valence-electron chi connectivity index (χ0n) is 9.74. The van der Waals surface area contributed by atoms with Crippen LogP contribution in [0.1, 0.15) is 31.2 Å². The zero-order valence-corrected chi connectivity index (χ0v) is 9.74. The molecular weight excluding hydrogens is 200 g/mol. The minimum Gasteiger partial charge on any atom is -0.497 e. The van der Waals surface area contributed by atoms with E-state index in [9.17, 15) is 4.79 Å². The second kappa shape index (κ2) is 5.15. The number of hydrogen-bond donors (Lipinski definition) is 0. The topological polar surface area (TPSA) is 26.3 Å². The van der Waals surface area contributed by atoms with Gasteiger partial charge in [-0.3, -0.25) is 4.79 Å². The molecule has 0 atom stereocenters. The third-order valence-corrected chi connectivity index (χ3v) is 3.35. The number of Topliss-reactive ketones (excluding diaryl/α,β-unsaturated/α-hetero) is 1. The van der Waals surface area contributed by atoms with Crippen LogP contribution in [0.2, 0.25) is 0 Å². The van der Waals surface area contributed by atoms with E-state index >= 15 is 0 Å². The van der Waals surface area contributed by atoms with Gasteiger partial charge >= 0.3 is 0 Å². The fraction of sp³-hybridized carbons (Fsp3) is 0.500. The number of aryl methyl sites for hydroxylation is 1. The van der Waals surface area contributed by atoms with Gasteiger partial charge in [-0.2, -0.15) is 0 Å². The summed E-state index contributed by atoms with van der Waals surface area (Å²) in [5.74, 6) is 1.67. The van der Waals surface area contributed by atoms with Crippen LogP contribution in [0, 0.1) is 5.92 Å². The van der Waals surface area contributed by atoms with Crippen molar-refractivity contribution in [3.8, 4) is 5.75 Å². The van der Waals surface area contributed by atoms with Gasteiger partial charge < -0.3 is 4.74 Å². The van der Waals surface area contributed by atoms with Crippen molar-refractivity contribution in [2.45, 2.75) is 32.1 Å². The summed E-state index contributed by atoms with van der Waals surface area (Å²) in [6, 6.07) is 7.96. The molecule has 0 N–H and O–H groups in total. The lowest BCUT2D eigenvalue weighted by Gasteiger charge is -2.23. The van der Waals surface area contributed by atoms with Crippen LogP contribution in [0.3, 0.4) is 0 Å². The van der Waals surface area contributed by atoms with E-state index in [-0.39, 0.29) is 0 Å². The first-order valence-electron chi connectivity index (χ1n) is 5.95. The Balaban J connectivity index is 1.86. The van der Waals surface area contributed by atoms with E-state index in [1.165, 1.54) is 12.0 Å². The third kappa shape index (κ3) is 2.63. The summed E-state index contributed by atoms with van der Waals surface area (Å²) in [5, 5.41) is 0. The first-order chi connectivity index (χ1) is 7.79. The van der Waals surface area contributed by atoms with E-state index in [0.717, 1.165) is 25.0 Å². The monoisotopic (exact) mass is 218 g/mol. The molecule has 1 saturated carbocycles. The summed E-state index contributed by atoms with van der Waals surface area (Å²) in [4.78, 5) is 11.7. The van der Waals surface area contributed by atoms with Crippen molar-refractivity contribution in [2.75, 3.05) is 7.11 Å². The summed E-state index contributed by atoms with van der Waals surface area (Å²) in [5.41, 5.74) is 1.19. The molecule has 2 heteroatoms. The molecule has 1 aromatic carbocycles. The van der Waals surface area contributed by atoms with Gasteiger partial charge in [0.2, 0.25) is 0 Å². The lowest BCUT2D eigenvalue weighted by atomic mass is 9.80. The molecule has 1 aliphatic rings. The molecule has 0 heterocycles. The summed E-state index contributed by atoms with van der Waals surface area (Å²) in [7, 11) is 1.67. The van der Waals surface area contributed by atoms with Gasteiger partial charge in [0.15, 0.2) is 0 Å². The number of carbonyl (C=O) groups excluding carboxylic acids is 1. The van der Waals surface area contributed by atoms with Crippen LogP contribution in [0.5, 0.6) is 5.75 Å². The predicted octanol–water partition coefficient (Wildman–Crippen LogP) is 3.00. The maximum atomic E-state index is 11.7. The third-order valence-electron chi connectivity index (χ3n) is 3.35. The smallest absolute Gasteiger partial charge is 0.136 e. The molecule has 86 valence electrons. The molecule has 1 fully saturated rings. The Morgan fingerprint density at radius 3 is 2.88 bits per heavy atom. The number of methoxy groups -OCH3 is 1. The Bertz CT molecular complexity index is 367. The van der Waals surface area contributed by atoms with Gasteiger partial charge in [0.05, 0.1) is 7.11 Å². The van der Waals surface area contributed by atoms with Crippen molar-refractivity contribution >= 4 is 5.78 Å². The predicted molar refractivity (Wildman–Crippen MR) is 63.7 cm³/mol. The van der Waals surface area contributed by atoms with E-state index in [1.54, 1.807) is 7.11 Å². The summed E-state index contributed by atoms with van der Waals surface area (Å²) < 4.78 is 5.16. The highest BCUT2D eigenvalue weighted by Gasteiger charge is 2.24. The first kappa shape index (κ1) is 11.2. The molecule has 0 aliphatic heterocycles. The largest absolute Gasteiger partial charge is 0.497 e. The molecule has 0 bridgehead atoms. The fourth-order valence-electron chi connectivity index (χ4n) is 2.03. The van der Waals surface area contributed by atoms with Gasteiger partial charge in [0.1, 0.15) is 11.5 Å². The molecule has 1 aliphatic carbocycles. The molecule has 2 nitrogen and oxygen atoms in total. The number of rotatable bonds is 5. The van der Waals surface area contributed by atoms with E-state index in [2.05, 4.69) is 6.07 Å². The highest BCUT2D eigenvalue weighted by molar-refractivity contribution is 5.81. The number of hydrogen-bond acceptors (Lipinski definition) is 2. The van der Waals surface area contributed by atoms with Crippen LogP contribution in [0.25, 0.3) is 0 Å². The van der Waals surface area contributed by atoms with E-state index < -0.39 is 0 Å². The Labute approximate surface area is 96.6 Å². The Morgan fingerprint density at radius 2 is 2.25 bits per heavy atom. The second-order valence-electron chi connectivity index (χ2n) is 4.45. The Hall–Kier alpha value is -1.31. The lowest BCUT2D eigenvalue weighted by molar-refractivity contribution is -0.125. The average molecular weight is 218 g/mol. The molecular formula is C14H18O2. The van der Waals surface area contributed by atoms with Crippen molar-refractivity contribution in [2.24, 2.45) is 5.92 Å². The number of carbonyl (C=O) groups is 1. The molecule has 0 radical (unpaired) electrons. The van der Waals surface area contributed by atoms with Crippen molar-refractivity contribution in [3.05, 3.63) is 29.8 Å². The average Bonchev–Trinajstić information content (AvgIpc) is 2.24. The van der Waals surface area contributed by atoms with Crippen LogP contribution in [0.4, 0.5) is 0 Å². The summed E-state index contributed by atoms with van der Waals surface area (Å²) in [6.07, 6.45) is 4.97. The normalized spacial score (nSPS) is 15.6.